The standard InChI is InChI=1S/C16H22N2S/c1-2-12-7-9-13(10-8-12)17-11-16-18-14-5-3-4-6-15(14)19-16/h3-6,12-13,17H,2,7-11H2,1H3. The van der Waals surface area contributed by atoms with Crippen LogP contribution < -0.4 is 5.32 Å². The Morgan fingerprint density at radius 1 is 1.21 bits per heavy atom. The second-order valence-corrected chi connectivity index (χ2v) is 6.70. The number of nitrogens with zero attached hydrogens (tertiary/aromatic N) is 1. The van der Waals surface area contributed by atoms with Crippen LogP contribution in [0.15, 0.2) is 24.3 Å². The summed E-state index contributed by atoms with van der Waals surface area (Å²) in [4.78, 5) is 4.68. The smallest absolute Gasteiger partial charge is 0.108 e. The van der Waals surface area contributed by atoms with Crippen molar-refractivity contribution in [1.82, 2.24) is 10.3 Å². The zero-order chi connectivity index (χ0) is 13.1. The minimum atomic E-state index is 0.704. The van der Waals surface area contributed by atoms with E-state index < -0.39 is 0 Å². The highest BCUT2D eigenvalue weighted by molar-refractivity contribution is 7.18. The molecule has 0 amide bonds. The van der Waals surface area contributed by atoms with E-state index in [1.54, 1.807) is 0 Å². The van der Waals surface area contributed by atoms with E-state index in [4.69, 9.17) is 0 Å². The number of para-hydroxylation sites is 1. The van der Waals surface area contributed by atoms with E-state index in [9.17, 15) is 0 Å². The summed E-state index contributed by atoms with van der Waals surface area (Å²) in [5.41, 5.74) is 1.14. The van der Waals surface area contributed by atoms with Crippen LogP contribution in [0, 0.1) is 5.92 Å². The molecule has 1 fully saturated rings. The normalized spacial score (nSPS) is 23.8. The molecule has 1 N–H and O–H groups in total. The van der Waals surface area contributed by atoms with Gasteiger partial charge in [0.25, 0.3) is 0 Å². The van der Waals surface area contributed by atoms with Crippen LogP contribution in [0.1, 0.15) is 44.0 Å². The Hall–Kier alpha value is -0.930. The molecule has 0 atom stereocenters. The van der Waals surface area contributed by atoms with E-state index in [-0.39, 0.29) is 0 Å². The Labute approximate surface area is 119 Å². The highest BCUT2D eigenvalue weighted by Crippen LogP contribution is 2.27. The molecule has 0 saturated heterocycles. The molecule has 1 aromatic carbocycles. The number of fused-ring (bicyclic) bond motifs is 1. The largest absolute Gasteiger partial charge is 0.308 e. The molecule has 1 heterocycles. The van der Waals surface area contributed by atoms with Gasteiger partial charge in [-0.2, -0.15) is 0 Å². The third-order valence-electron chi connectivity index (χ3n) is 4.30. The van der Waals surface area contributed by atoms with Crippen molar-refractivity contribution in [3.63, 3.8) is 0 Å². The van der Waals surface area contributed by atoms with Crippen molar-refractivity contribution in [3.05, 3.63) is 29.3 Å². The molecule has 0 radical (unpaired) electrons. The first-order valence-electron chi connectivity index (χ1n) is 7.43. The van der Waals surface area contributed by atoms with Gasteiger partial charge in [-0.3, -0.25) is 0 Å². The number of hydrogen-bond acceptors (Lipinski definition) is 3. The van der Waals surface area contributed by atoms with Gasteiger partial charge in [0.05, 0.1) is 10.2 Å². The third-order valence-corrected chi connectivity index (χ3v) is 5.34. The predicted octanol–water partition coefficient (Wildman–Crippen LogP) is 4.35. The van der Waals surface area contributed by atoms with Crippen LogP contribution in [0.25, 0.3) is 10.2 Å². The predicted molar refractivity (Wildman–Crippen MR) is 82.5 cm³/mol. The molecule has 1 aliphatic carbocycles. The minimum absolute atomic E-state index is 0.704. The van der Waals surface area contributed by atoms with Gasteiger partial charge in [-0.1, -0.05) is 25.5 Å². The van der Waals surface area contributed by atoms with Crippen molar-refractivity contribution in [2.45, 2.75) is 51.6 Å². The number of benzene rings is 1. The molecule has 0 bridgehead atoms. The molecule has 0 unspecified atom stereocenters. The monoisotopic (exact) mass is 274 g/mol. The fourth-order valence-corrected chi connectivity index (χ4v) is 3.92. The average molecular weight is 274 g/mol. The summed E-state index contributed by atoms with van der Waals surface area (Å²) in [6, 6.07) is 9.11. The summed E-state index contributed by atoms with van der Waals surface area (Å²) in [6.07, 6.45) is 6.82. The first-order chi connectivity index (χ1) is 9.35. The Kier molecular flexibility index (Phi) is 4.14. The molecule has 1 aliphatic rings. The van der Waals surface area contributed by atoms with Gasteiger partial charge in [-0.25, -0.2) is 4.98 Å². The number of aromatic nitrogens is 1. The maximum atomic E-state index is 4.68. The molecular weight excluding hydrogens is 252 g/mol. The molecule has 2 nitrogen and oxygen atoms in total. The van der Waals surface area contributed by atoms with Crippen LogP contribution in [0.4, 0.5) is 0 Å². The van der Waals surface area contributed by atoms with Crippen molar-refractivity contribution in [2.24, 2.45) is 5.92 Å². The Bertz CT molecular complexity index is 493. The van der Waals surface area contributed by atoms with Crippen molar-refractivity contribution in [3.8, 4) is 0 Å². The van der Waals surface area contributed by atoms with Crippen molar-refractivity contribution in [1.29, 1.82) is 0 Å². The topological polar surface area (TPSA) is 24.9 Å². The van der Waals surface area contributed by atoms with Gasteiger partial charge >= 0.3 is 0 Å². The quantitative estimate of drug-likeness (QED) is 0.896. The maximum Gasteiger partial charge on any atom is 0.108 e. The van der Waals surface area contributed by atoms with Gasteiger partial charge in [0.2, 0.25) is 0 Å². The SMILES string of the molecule is CCC1CCC(NCc2nc3ccccc3s2)CC1. The molecule has 102 valence electrons. The molecule has 0 aliphatic heterocycles. The Morgan fingerprint density at radius 3 is 2.74 bits per heavy atom. The molecule has 3 rings (SSSR count). The molecule has 2 aromatic rings. The number of nitrogens with one attached hydrogen (secondary N) is 1. The summed E-state index contributed by atoms with van der Waals surface area (Å²) in [7, 11) is 0. The van der Waals surface area contributed by atoms with Crippen molar-refractivity contribution in [2.75, 3.05) is 0 Å². The van der Waals surface area contributed by atoms with E-state index in [2.05, 4.69) is 41.5 Å². The fraction of sp³-hybridized carbons (Fsp3) is 0.562. The van der Waals surface area contributed by atoms with E-state index in [1.807, 2.05) is 11.3 Å². The van der Waals surface area contributed by atoms with E-state index in [1.165, 1.54) is 41.8 Å². The molecule has 1 aromatic heterocycles. The second kappa shape index (κ2) is 6.02. The lowest BCUT2D eigenvalue weighted by Crippen LogP contribution is -2.32. The number of rotatable bonds is 4. The maximum absolute atomic E-state index is 4.68. The van der Waals surface area contributed by atoms with Crippen LogP contribution in [0.3, 0.4) is 0 Å². The molecule has 19 heavy (non-hydrogen) atoms. The van der Waals surface area contributed by atoms with E-state index in [0.717, 1.165) is 18.0 Å². The first-order valence-corrected chi connectivity index (χ1v) is 8.24. The van der Waals surface area contributed by atoms with E-state index >= 15 is 0 Å². The van der Waals surface area contributed by atoms with Gasteiger partial charge in [0.15, 0.2) is 0 Å². The third kappa shape index (κ3) is 3.15. The van der Waals surface area contributed by atoms with Crippen LogP contribution in [0.2, 0.25) is 0 Å². The molecular formula is C16H22N2S. The minimum Gasteiger partial charge on any atom is -0.308 e. The number of thiazole rings is 1. The molecule has 1 saturated carbocycles. The van der Waals surface area contributed by atoms with Crippen LogP contribution >= 0.6 is 11.3 Å². The number of hydrogen-bond donors (Lipinski definition) is 1. The van der Waals surface area contributed by atoms with E-state index in [0.29, 0.717) is 6.04 Å². The van der Waals surface area contributed by atoms with Gasteiger partial charge in [0.1, 0.15) is 5.01 Å². The second-order valence-electron chi connectivity index (χ2n) is 5.58. The summed E-state index contributed by atoms with van der Waals surface area (Å²) in [5, 5.41) is 4.91. The molecule has 0 spiro atoms. The van der Waals surface area contributed by atoms with Gasteiger partial charge in [0, 0.05) is 12.6 Å². The van der Waals surface area contributed by atoms with Gasteiger partial charge < -0.3 is 5.32 Å². The van der Waals surface area contributed by atoms with Crippen molar-refractivity contribution < 1.29 is 0 Å². The zero-order valence-corrected chi connectivity index (χ0v) is 12.4. The average Bonchev–Trinajstić information content (AvgIpc) is 2.88. The lowest BCUT2D eigenvalue weighted by molar-refractivity contribution is 0.285. The lowest BCUT2D eigenvalue weighted by Gasteiger charge is -2.28. The van der Waals surface area contributed by atoms with Crippen LogP contribution in [-0.4, -0.2) is 11.0 Å². The Balaban J connectivity index is 1.55. The first kappa shape index (κ1) is 13.1. The van der Waals surface area contributed by atoms with Crippen LogP contribution in [-0.2, 0) is 6.54 Å². The summed E-state index contributed by atoms with van der Waals surface area (Å²) >= 11 is 1.82. The lowest BCUT2D eigenvalue weighted by atomic mass is 9.84. The summed E-state index contributed by atoms with van der Waals surface area (Å²) in [6.45, 7) is 3.25. The fourth-order valence-electron chi connectivity index (χ4n) is 3.00. The van der Waals surface area contributed by atoms with Gasteiger partial charge in [-0.05, 0) is 43.7 Å². The summed E-state index contributed by atoms with van der Waals surface area (Å²) in [5.74, 6) is 0.973. The highest BCUT2D eigenvalue weighted by atomic mass is 32.1. The molecule has 3 heteroatoms. The van der Waals surface area contributed by atoms with Crippen molar-refractivity contribution >= 4 is 21.6 Å². The summed E-state index contributed by atoms with van der Waals surface area (Å²) < 4.78 is 1.30. The zero-order valence-electron chi connectivity index (χ0n) is 11.6. The van der Waals surface area contributed by atoms with Gasteiger partial charge in [-0.15, -0.1) is 11.3 Å². The van der Waals surface area contributed by atoms with Crippen LogP contribution in [0.5, 0.6) is 0 Å². The highest BCUT2D eigenvalue weighted by Gasteiger charge is 2.19. The Morgan fingerprint density at radius 2 is 2.00 bits per heavy atom.